The predicted octanol–water partition coefficient (Wildman–Crippen LogP) is 4.27. The van der Waals surface area contributed by atoms with Crippen LogP contribution in [0.5, 0.6) is 5.88 Å². The number of halogens is 1. The number of hydrogen-bond donors (Lipinski definition) is 2. The van der Waals surface area contributed by atoms with Gasteiger partial charge in [0.25, 0.3) is 0 Å². The number of ether oxygens (including phenoxy) is 1. The topological polar surface area (TPSA) is 84.6 Å². The molecule has 0 radical (unpaired) electrons. The van der Waals surface area contributed by atoms with E-state index in [4.69, 9.17) is 9.15 Å². The van der Waals surface area contributed by atoms with E-state index in [1.165, 1.54) is 19.3 Å². The maximum atomic E-state index is 6.06. The Balaban J connectivity index is 0.00000300. The number of aliphatic imine (C=N–C) groups is 1. The van der Waals surface area contributed by atoms with Crippen LogP contribution >= 0.6 is 24.0 Å². The molecule has 1 saturated carbocycles. The van der Waals surface area contributed by atoms with Crippen molar-refractivity contribution in [3.05, 3.63) is 41.2 Å². The van der Waals surface area contributed by atoms with Crippen LogP contribution in [-0.2, 0) is 13.1 Å². The van der Waals surface area contributed by atoms with Crippen molar-refractivity contribution in [1.82, 2.24) is 20.6 Å². The number of pyridine rings is 1. The second-order valence-corrected chi connectivity index (χ2v) is 7.18. The molecule has 0 unspecified atom stereocenters. The van der Waals surface area contributed by atoms with Gasteiger partial charge in [-0.15, -0.1) is 24.0 Å². The van der Waals surface area contributed by atoms with E-state index in [-0.39, 0.29) is 24.0 Å². The summed E-state index contributed by atoms with van der Waals surface area (Å²) < 4.78 is 11.7. The normalized spacial score (nSPS) is 14.9. The van der Waals surface area contributed by atoms with E-state index in [0.29, 0.717) is 31.0 Å². The lowest BCUT2D eigenvalue weighted by Crippen LogP contribution is -2.36. The first-order valence-corrected chi connectivity index (χ1v) is 10.2. The maximum absolute atomic E-state index is 6.06. The van der Waals surface area contributed by atoms with Crippen molar-refractivity contribution in [2.75, 3.05) is 6.54 Å². The third-order valence-corrected chi connectivity index (χ3v) is 4.88. The number of aromatic nitrogens is 2. The minimum absolute atomic E-state index is 0. The first kappa shape index (κ1) is 23.4. The summed E-state index contributed by atoms with van der Waals surface area (Å²) in [7, 11) is 0. The fraction of sp³-hybridized carbons (Fsp3) is 0.571. The highest BCUT2D eigenvalue weighted by molar-refractivity contribution is 14.0. The second-order valence-electron chi connectivity index (χ2n) is 7.18. The Morgan fingerprint density at radius 2 is 2.03 bits per heavy atom. The first-order valence-electron chi connectivity index (χ1n) is 10.2. The van der Waals surface area contributed by atoms with E-state index in [1.54, 1.807) is 6.20 Å². The number of rotatable bonds is 7. The monoisotopic (exact) mass is 513 g/mol. The van der Waals surface area contributed by atoms with Crippen molar-refractivity contribution in [2.45, 2.75) is 72.1 Å². The largest absolute Gasteiger partial charge is 0.474 e. The van der Waals surface area contributed by atoms with Crippen LogP contribution in [0.3, 0.4) is 0 Å². The van der Waals surface area contributed by atoms with Crippen LogP contribution < -0.4 is 15.4 Å². The summed E-state index contributed by atoms with van der Waals surface area (Å²) in [5.41, 5.74) is 1.99. The maximum Gasteiger partial charge on any atom is 0.214 e. The van der Waals surface area contributed by atoms with Crippen LogP contribution in [0.1, 0.15) is 61.9 Å². The Hall–Kier alpha value is -1.84. The molecule has 1 aliphatic rings. The first-order chi connectivity index (χ1) is 13.6. The molecule has 0 bridgehead atoms. The van der Waals surface area contributed by atoms with Gasteiger partial charge in [0, 0.05) is 18.8 Å². The molecular weight excluding hydrogens is 481 g/mol. The molecule has 8 heteroatoms. The van der Waals surface area contributed by atoms with Gasteiger partial charge in [-0.25, -0.2) is 15.0 Å². The predicted molar refractivity (Wildman–Crippen MR) is 125 cm³/mol. The minimum atomic E-state index is 0. The van der Waals surface area contributed by atoms with Crippen molar-refractivity contribution in [3.63, 3.8) is 0 Å². The van der Waals surface area contributed by atoms with E-state index in [0.717, 1.165) is 42.4 Å². The zero-order valence-electron chi connectivity index (χ0n) is 17.5. The third kappa shape index (κ3) is 7.49. The minimum Gasteiger partial charge on any atom is -0.474 e. The van der Waals surface area contributed by atoms with Crippen LogP contribution in [0, 0.1) is 13.8 Å². The summed E-state index contributed by atoms with van der Waals surface area (Å²) in [6.45, 7) is 7.72. The number of hydrogen-bond acceptors (Lipinski definition) is 5. The van der Waals surface area contributed by atoms with E-state index >= 15 is 0 Å². The molecular formula is C21H32IN5O2. The average molecular weight is 513 g/mol. The summed E-state index contributed by atoms with van der Waals surface area (Å²) in [6.07, 6.45) is 8.14. The lowest BCUT2D eigenvalue weighted by Gasteiger charge is -2.22. The van der Waals surface area contributed by atoms with Gasteiger partial charge in [0.05, 0.1) is 18.8 Å². The van der Waals surface area contributed by atoms with Crippen LogP contribution in [0.15, 0.2) is 27.7 Å². The second kappa shape index (κ2) is 12.0. The van der Waals surface area contributed by atoms with Crippen LogP contribution in [0.25, 0.3) is 0 Å². The van der Waals surface area contributed by atoms with E-state index < -0.39 is 0 Å². The Labute approximate surface area is 190 Å². The highest BCUT2D eigenvalue weighted by Gasteiger charge is 2.15. The lowest BCUT2D eigenvalue weighted by atomic mass is 9.98. The van der Waals surface area contributed by atoms with Gasteiger partial charge in [0.15, 0.2) is 5.96 Å². The molecule has 160 valence electrons. The highest BCUT2D eigenvalue weighted by Crippen LogP contribution is 2.22. The van der Waals surface area contributed by atoms with Crippen LogP contribution in [0.2, 0.25) is 0 Å². The van der Waals surface area contributed by atoms with Gasteiger partial charge >= 0.3 is 0 Å². The quantitative estimate of drug-likeness (QED) is 0.327. The average Bonchev–Trinajstić information content (AvgIpc) is 3.03. The summed E-state index contributed by atoms with van der Waals surface area (Å²) in [5.74, 6) is 2.93. The van der Waals surface area contributed by atoms with Gasteiger partial charge in [-0.1, -0.05) is 6.42 Å². The fourth-order valence-corrected chi connectivity index (χ4v) is 3.25. The van der Waals surface area contributed by atoms with Crippen molar-refractivity contribution in [1.29, 1.82) is 0 Å². The van der Waals surface area contributed by atoms with Crippen LogP contribution in [0.4, 0.5) is 0 Å². The Morgan fingerprint density at radius 1 is 1.24 bits per heavy atom. The fourth-order valence-electron chi connectivity index (χ4n) is 3.25. The zero-order valence-corrected chi connectivity index (χ0v) is 19.9. The zero-order chi connectivity index (χ0) is 19.8. The van der Waals surface area contributed by atoms with Crippen molar-refractivity contribution >= 4 is 29.9 Å². The molecule has 3 rings (SSSR count). The molecule has 1 fully saturated rings. The highest BCUT2D eigenvalue weighted by atomic mass is 127. The standard InChI is InChI=1S/C21H31N5O2.HI/c1-4-22-21(25-14-20-26-15(2)16(3)27-20)24-13-17-10-11-23-19(12-17)28-18-8-6-5-7-9-18;/h10-12,18H,4-9,13-14H2,1-3H3,(H2,22,24,25);1H. The number of nitrogens with zero attached hydrogens (tertiary/aromatic N) is 3. The number of guanidine groups is 1. The molecule has 7 nitrogen and oxygen atoms in total. The summed E-state index contributed by atoms with van der Waals surface area (Å²) in [6, 6.07) is 3.96. The van der Waals surface area contributed by atoms with Crippen molar-refractivity contribution in [2.24, 2.45) is 4.99 Å². The summed E-state index contributed by atoms with van der Waals surface area (Å²) >= 11 is 0. The number of oxazole rings is 1. The number of aryl methyl sites for hydroxylation is 2. The molecule has 2 N–H and O–H groups in total. The molecule has 29 heavy (non-hydrogen) atoms. The van der Waals surface area contributed by atoms with Gasteiger partial charge in [-0.05, 0) is 58.1 Å². The van der Waals surface area contributed by atoms with Gasteiger partial charge in [0.1, 0.15) is 11.9 Å². The number of nitrogens with one attached hydrogen (secondary N) is 2. The molecule has 2 aromatic heterocycles. The molecule has 0 amide bonds. The lowest BCUT2D eigenvalue weighted by molar-refractivity contribution is 0.148. The Morgan fingerprint density at radius 3 is 2.72 bits per heavy atom. The third-order valence-electron chi connectivity index (χ3n) is 4.88. The molecule has 0 spiro atoms. The molecule has 2 aromatic rings. The van der Waals surface area contributed by atoms with Gasteiger partial charge in [0.2, 0.25) is 11.8 Å². The van der Waals surface area contributed by atoms with E-state index in [2.05, 4.69) is 25.6 Å². The van der Waals surface area contributed by atoms with Crippen molar-refractivity contribution in [3.8, 4) is 5.88 Å². The van der Waals surface area contributed by atoms with Crippen LogP contribution in [-0.4, -0.2) is 28.6 Å². The molecule has 0 aromatic carbocycles. The molecule has 1 aliphatic carbocycles. The molecule has 0 atom stereocenters. The van der Waals surface area contributed by atoms with E-state index in [9.17, 15) is 0 Å². The summed E-state index contributed by atoms with van der Waals surface area (Å²) in [5, 5.41) is 6.51. The van der Waals surface area contributed by atoms with Crippen molar-refractivity contribution < 1.29 is 9.15 Å². The SMILES string of the molecule is CCNC(=NCc1ccnc(OC2CCCCC2)c1)NCc1nc(C)c(C)o1.I. The van der Waals surface area contributed by atoms with Gasteiger partial charge < -0.3 is 19.8 Å². The Kier molecular flexibility index (Phi) is 9.69. The molecule has 0 aliphatic heterocycles. The van der Waals surface area contributed by atoms with E-state index in [1.807, 2.05) is 32.9 Å². The van der Waals surface area contributed by atoms with Gasteiger partial charge in [-0.3, -0.25) is 0 Å². The summed E-state index contributed by atoms with van der Waals surface area (Å²) in [4.78, 5) is 13.4. The smallest absolute Gasteiger partial charge is 0.214 e. The van der Waals surface area contributed by atoms with Gasteiger partial charge in [-0.2, -0.15) is 0 Å². The molecule has 0 saturated heterocycles. The Bertz CT molecular complexity index is 768. The molecule has 2 heterocycles.